The molecule has 138 valence electrons. The second-order valence-electron chi connectivity index (χ2n) is 5.79. The van der Waals surface area contributed by atoms with Crippen LogP contribution in [0, 0.1) is 17.0 Å². The van der Waals surface area contributed by atoms with Crippen molar-refractivity contribution in [1.29, 1.82) is 0 Å². The van der Waals surface area contributed by atoms with Crippen molar-refractivity contribution in [3.63, 3.8) is 0 Å². The Morgan fingerprint density at radius 2 is 1.92 bits per heavy atom. The topological polar surface area (TPSA) is 81.9 Å². The maximum atomic E-state index is 12.5. The van der Waals surface area contributed by atoms with Crippen LogP contribution in [0.4, 0.5) is 5.69 Å². The Bertz CT molecular complexity index is 749. The molecule has 0 heterocycles. The summed E-state index contributed by atoms with van der Waals surface area (Å²) in [7, 11) is 1.58. The van der Waals surface area contributed by atoms with Crippen LogP contribution in [0.25, 0.3) is 0 Å². The van der Waals surface area contributed by atoms with Gasteiger partial charge in [0.15, 0.2) is 6.61 Å². The maximum absolute atomic E-state index is 12.5. The molecule has 1 amide bonds. The van der Waals surface area contributed by atoms with E-state index in [1.54, 1.807) is 25.0 Å². The summed E-state index contributed by atoms with van der Waals surface area (Å²) < 4.78 is 10.6. The number of methoxy groups -OCH3 is 1. The molecule has 0 spiro atoms. The first-order valence-electron chi connectivity index (χ1n) is 8.19. The molecule has 0 aromatic heterocycles. The standard InChI is InChI=1S/C19H22N2O5/c1-15-12-17(8-9-18(15)21(23)24)26-14-19(22)20(10-11-25-2)13-16-6-4-3-5-7-16/h3-9,12H,10-11,13-14H2,1-2H3. The summed E-state index contributed by atoms with van der Waals surface area (Å²) >= 11 is 0. The van der Waals surface area contributed by atoms with E-state index in [1.807, 2.05) is 30.3 Å². The first-order chi connectivity index (χ1) is 12.5. The van der Waals surface area contributed by atoms with Crippen molar-refractivity contribution in [2.24, 2.45) is 0 Å². The second kappa shape index (κ2) is 9.53. The largest absolute Gasteiger partial charge is 0.484 e. The minimum Gasteiger partial charge on any atom is -0.484 e. The molecule has 0 unspecified atom stereocenters. The molecule has 0 atom stereocenters. The first kappa shape index (κ1) is 19.4. The molecule has 0 saturated heterocycles. The predicted octanol–water partition coefficient (Wildman–Crippen LogP) is 2.96. The highest BCUT2D eigenvalue weighted by molar-refractivity contribution is 5.77. The first-order valence-corrected chi connectivity index (χ1v) is 8.19. The fraction of sp³-hybridized carbons (Fsp3) is 0.316. The Hall–Kier alpha value is -2.93. The van der Waals surface area contributed by atoms with Gasteiger partial charge < -0.3 is 14.4 Å². The zero-order chi connectivity index (χ0) is 18.9. The fourth-order valence-electron chi connectivity index (χ4n) is 2.46. The van der Waals surface area contributed by atoms with Crippen molar-refractivity contribution < 1.29 is 19.2 Å². The molecular weight excluding hydrogens is 336 g/mol. The Morgan fingerprint density at radius 1 is 1.19 bits per heavy atom. The highest BCUT2D eigenvalue weighted by Crippen LogP contribution is 2.23. The van der Waals surface area contributed by atoms with Crippen LogP contribution in [-0.4, -0.2) is 42.6 Å². The molecule has 0 N–H and O–H groups in total. The Labute approximate surface area is 152 Å². The van der Waals surface area contributed by atoms with Gasteiger partial charge in [0.25, 0.3) is 11.6 Å². The highest BCUT2D eigenvalue weighted by atomic mass is 16.6. The van der Waals surface area contributed by atoms with Crippen LogP contribution < -0.4 is 4.74 Å². The molecule has 2 aromatic rings. The molecule has 7 nitrogen and oxygen atoms in total. The summed E-state index contributed by atoms with van der Waals surface area (Å²) in [6.07, 6.45) is 0. The van der Waals surface area contributed by atoms with Crippen molar-refractivity contribution >= 4 is 11.6 Å². The Morgan fingerprint density at radius 3 is 2.54 bits per heavy atom. The van der Waals surface area contributed by atoms with Crippen LogP contribution in [0.1, 0.15) is 11.1 Å². The summed E-state index contributed by atoms with van der Waals surface area (Å²) in [6.45, 7) is 2.83. The zero-order valence-electron chi connectivity index (χ0n) is 14.9. The number of aryl methyl sites for hydroxylation is 1. The predicted molar refractivity (Wildman–Crippen MR) is 97.1 cm³/mol. The van der Waals surface area contributed by atoms with Crippen LogP contribution in [0.15, 0.2) is 48.5 Å². The van der Waals surface area contributed by atoms with Gasteiger partial charge in [0.05, 0.1) is 11.5 Å². The van der Waals surface area contributed by atoms with E-state index in [0.29, 0.717) is 31.0 Å². The van der Waals surface area contributed by atoms with Gasteiger partial charge in [-0.3, -0.25) is 14.9 Å². The molecule has 0 saturated carbocycles. The SMILES string of the molecule is COCCN(Cc1ccccc1)C(=O)COc1ccc([N+](=O)[O-])c(C)c1. The van der Waals surface area contributed by atoms with E-state index in [1.165, 1.54) is 12.1 Å². The van der Waals surface area contributed by atoms with E-state index in [9.17, 15) is 14.9 Å². The van der Waals surface area contributed by atoms with Gasteiger partial charge in [0, 0.05) is 31.8 Å². The lowest BCUT2D eigenvalue weighted by Crippen LogP contribution is -2.36. The number of nitrogens with zero attached hydrogens (tertiary/aromatic N) is 2. The average molecular weight is 358 g/mol. The number of nitro groups is 1. The number of amides is 1. The van der Waals surface area contributed by atoms with Gasteiger partial charge in [-0.2, -0.15) is 0 Å². The Balaban J connectivity index is 2.00. The second-order valence-corrected chi connectivity index (χ2v) is 5.79. The summed E-state index contributed by atoms with van der Waals surface area (Å²) in [5, 5.41) is 10.9. The van der Waals surface area contributed by atoms with Crippen LogP contribution in [0.3, 0.4) is 0 Å². The van der Waals surface area contributed by atoms with Crippen LogP contribution in [0.2, 0.25) is 0 Å². The molecule has 7 heteroatoms. The summed E-state index contributed by atoms with van der Waals surface area (Å²) in [6, 6.07) is 14.1. The number of hydrogen-bond acceptors (Lipinski definition) is 5. The van der Waals surface area contributed by atoms with Crippen LogP contribution >= 0.6 is 0 Å². The van der Waals surface area contributed by atoms with Gasteiger partial charge in [-0.05, 0) is 24.6 Å². The number of benzene rings is 2. The van der Waals surface area contributed by atoms with Gasteiger partial charge in [0.2, 0.25) is 0 Å². The molecule has 2 rings (SSSR count). The maximum Gasteiger partial charge on any atom is 0.272 e. The minimum absolute atomic E-state index is 0.0227. The van der Waals surface area contributed by atoms with Gasteiger partial charge in [0.1, 0.15) is 5.75 Å². The van der Waals surface area contributed by atoms with Crippen molar-refractivity contribution in [3.8, 4) is 5.75 Å². The number of hydrogen-bond donors (Lipinski definition) is 0. The normalized spacial score (nSPS) is 10.4. The van der Waals surface area contributed by atoms with Crippen molar-refractivity contribution in [1.82, 2.24) is 4.90 Å². The third kappa shape index (κ3) is 5.56. The van der Waals surface area contributed by atoms with E-state index >= 15 is 0 Å². The van der Waals surface area contributed by atoms with Gasteiger partial charge in [-0.25, -0.2) is 0 Å². The summed E-state index contributed by atoms with van der Waals surface area (Å²) in [4.78, 5) is 24.6. The van der Waals surface area contributed by atoms with Gasteiger partial charge >= 0.3 is 0 Å². The molecule has 0 bridgehead atoms. The molecule has 0 radical (unpaired) electrons. The number of ether oxygens (including phenoxy) is 2. The average Bonchev–Trinajstić information content (AvgIpc) is 2.63. The molecular formula is C19H22N2O5. The highest BCUT2D eigenvalue weighted by Gasteiger charge is 2.16. The van der Waals surface area contributed by atoms with E-state index < -0.39 is 4.92 Å². The van der Waals surface area contributed by atoms with Crippen molar-refractivity contribution in [2.75, 3.05) is 26.9 Å². The van der Waals surface area contributed by atoms with Crippen molar-refractivity contribution in [3.05, 3.63) is 69.8 Å². The lowest BCUT2D eigenvalue weighted by Gasteiger charge is -2.22. The number of rotatable bonds is 9. The monoisotopic (exact) mass is 358 g/mol. The lowest BCUT2D eigenvalue weighted by atomic mass is 10.2. The van der Waals surface area contributed by atoms with E-state index in [2.05, 4.69) is 0 Å². The summed E-state index contributed by atoms with van der Waals surface area (Å²) in [5.74, 6) is 0.245. The molecule has 0 aliphatic heterocycles. The lowest BCUT2D eigenvalue weighted by molar-refractivity contribution is -0.385. The molecule has 0 aliphatic carbocycles. The molecule has 0 aliphatic rings. The number of carbonyl (C=O) groups is 1. The Kier molecular flexibility index (Phi) is 7.11. The molecule has 2 aromatic carbocycles. The molecule has 0 fully saturated rings. The van der Waals surface area contributed by atoms with Crippen LogP contribution in [-0.2, 0) is 16.1 Å². The fourth-order valence-corrected chi connectivity index (χ4v) is 2.46. The van der Waals surface area contributed by atoms with E-state index in [0.717, 1.165) is 5.56 Å². The smallest absolute Gasteiger partial charge is 0.272 e. The van der Waals surface area contributed by atoms with Gasteiger partial charge in [-0.15, -0.1) is 0 Å². The van der Waals surface area contributed by atoms with Crippen LogP contribution in [0.5, 0.6) is 5.75 Å². The summed E-state index contributed by atoms with van der Waals surface area (Å²) in [5.41, 5.74) is 1.53. The van der Waals surface area contributed by atoms with E-state index in [-0.39, 0.29) is 18.2 Å². The van der Waals surface area contributed by atoms with E-state index in [4.69, 9.17) is 9.47 Å². The van der Waals surface area contributed by atoms with Gasteiger partial charge in [-0.1, -0.05) is 30.3 Å². The third-order valence-corrected chi connectivity index (χ3v) is 3.86. The number of nitro benzene ring substituents is 1. The quantitative estimate of drug-likeness (QED) is 0.508. The number of carbonyl (C=O) groups excluding carboxylic acids is 1. The minimum atomic E-state index is -0.448. The van der Waals surface area contributed by atoms with Crippen molar-refractivity contribution in [2.45, 2.75) is 13.5 Å². The zero-order valence-corrected chi connectivity index (χ0v) is 14.9. The molecule has 26 heavy (non-hydrogen) atoms. The third-order valence-electron chi connectivity index (χ3n) is 3.86.